The van der Waals surface area contributed by atoms with Crippen molar-refractivity contribution >= 4 is 5.82 Å². The van der Waals surface area contributed by atoms with Gasteiger partial charge in [0.25, 0.3) is 5.82 Å². The van der Waals surface area contributed by atoms with E-state index in [9.17, 15) is 5.26 Å². The number of hydrogen-bond acceptors (Lipinski definition) is 3. The van der Waals surface area contributed by atoms with Gasteiger partial charge in [0.15, 0.2) is 0 Å². The number of benzene rings is 2. The molecular weight excluding hydrogens is 322 g/mol. The Hall–Kier alpha value is -3.32. The van der Waals surface area contributed by atoms with Crippen LogP contribution < -0.4 is 15.5 Å². The Morgan fingerprint density at radius 2 is 1.65 bits per heavy atom. The Bertz CT molecular complexity index is 955. The lowest BCUT2D eigenvalue weighted by Crippen LogP contribution is -2.20. The molecule has 4 heteroatoms. The molecule has 0 saturated heterocycles. The zero-order valence-electron chi connectivity index (χ0n) is 15.2. The van der Waals surface area contributed by atoms with Crippen LogP contribution in [0.2, 0.25) is 0 Å². The highest BCUT2D eigenvalue weighted by Gasteiger charge is 2.25. The van der Waals surface area contributed by atoms with E-state index in [0.717, 1.165) is 33.7 Å². The van der Waals surface area contributed by atoms with Gasteiger partial charge >= 0.3 is 0 Å². The van der Waals surface area contributed by atoms with Crippen LogP contribution in [0.15, 0.2) is 54.6 Å². The highest BCUT2D eigenvalue weighted by atomic mass is 16.5. The number of rotatable bonds is 4. The second kappa shape index (κ2) is 7.28. The lowest BCUT2D eigenvalue weighted by Gasteiger charge is -2.18. The topological polar surface area (TPSA) is 73.2 Å². The predicted octanol–water partition coefficient (Wildman–Crippen LogP) is 4.42. The molecule has 3 N–H and O–H groups in total. The van der Waals surface area contributed by atoms with Crippen LogP contribution in [0.25, 0.3) is 22.4 Å². The quantitative estimate of drug-likeness (QED) is 0.761. The zero-order valence-corrected chi connectivity index (χ0v) is 15.2. The maximum absolute atomic E-state index is 9.75. The minimum Gasteiger partial charge on any atom is -0.497 e. The van der Waals surface area contributed by atoms with Gasteiger partial charge in [-0.3, -0.25) is 5.73 Å². The lowest BCUT2D eigenvalue weighted by atomic mass is 9.86. The van der Waals surface area contributed by atoms with Gasteiger partial charge in [-0.2, -0.15) is 5.26 Å². The molecule has 1 heterocycles. The fourth-order valence-corrected chi connectivity index (χ4v) is 3.24. The number of pyridine rings is 1. The van der Waals surface area contributed by atoms with Crippen molar-refractivity contribution in [3.63, 3.8) is 0 Å². The normalized spacial score (nSPS) is 10.6. The first kappa shape index (κ1) is 17.5. The molecule has 0 aliphatic heterocycles. The minimum atomic E-state index is 0.200. The molecule has 1 aromatic heterocycles. The molecule has 0 bridgehead atoms. The number of nitriles is 1. The van der Waals surface area contributed by atoms with Crippen LogP contribution in [0.5, 0.6) is 5.75 Å². The van der Waals surface area contributed by atoms with Crippen molar-refractivity contribution in [1.82, 2.24) is 0 Å². The van der Waals surface area contributed by atoms with Crippen molar-refractivity contribution in [2.75, 3.05) is 12.8 Å². The van der Waals surface area contributed by atoms with Crippen molar-refractivity contribution in [2.24, 2.45) is 0 Å². The Labute approximate surface area is 153 Å². The van der Waals surface area contributed by atoms with Crippen LogP contribution in [-0.2, 0) is 0 Å². The number of nitrogens with one attached hydrogen (secondary N) is 1. The van der Waals surface area contributed by atoms with Crippen LogP contribution >= 0.6 is 0 Å². The molecule has 0 atom stereocenters. The van der Waals surface area contributed by atoms with Crippen molar-refractivity contribution in [2.45, 2.75) is 19.8 Å². The van der Waals surface area contributed by atoms with Crippen LogP contribution in [0.4, 0.5) is 5.82 Å². The number of H-pyrrole nitrogens is 1. The summed E-state index contributed by atoms with van der Waals surface area (Å²) in [6.45, 7) is 4.25. The maximum atomic E-state index is 9.75. The minimum absolute atomic E-state index is 0.200. The fraction of sp³-hybridized carbons (Fsp3) is 0.182. The molecule has 0 aliphatic carbocycles. The van der Waals surface area contributed by atoms with Gasteiger partial charge in [0, 0.05) is 16.7 Å². The second-order valence-electron chi connectivity index (χ2n) is 6.44. The Kier molecular flexibility index (Phi) is 4.90. The van der Waals surface area contributed by atoms with E-state index in [1.54, 1.807) is 7.11 Å². The largest absolute Gasteiger partial charge is 0.497 e. The van der Waals surface area contributed by atoms with Crippen LogP contribution in [0.3, 0.4) is 0 Å². The number of nitrogens with two attached hydrogens (primary N) is 1. The molecule has 3 rings (SSSR count). The number of nitrogen functional groups attached to an aromatic ring is 1. The Morgan fingerprint density at radius 1 is 1.00 bits per heavy atom. The molecule has 0 amide bonds. The summed E-state index contributed by atoms with van der Waals surface area (Å²) in [5.74, 6) is 1.35. The van der Waals surface area contributed by atoms with E-state index >= 15 is 0 Å². The number of ether oxygens (including phenoxy) is 1. The molecule has 26 heavy (non-hydrogen) atoms. The fourth-order valence-electron chi connectivity index (χ4n) is 3.24. The van der Waals surface area contributed by atoms with E-state index in [0.29, 0.717) is 11.4 Å². The first-order chi connectivity index (χ1) is 12.6. The number of aromatic amines is 1. The molecule has 0 spiro atoms. The summed E-state index contributed by atoms with van der Waals surface area (Å²) in [5.41, 5.74) is 11.6. The molecule has 0 fully saturated rings. The highest BCUT2D eigenvalue weighted by molar-refractivity contribution is 5.82. The summed E-state index contributed by atoms with van der Waals surface area (Å²) in [5, 5.41) is 9.75. The predicted molar refractivity (Wildman–Crippen MR) is 104 cm³/mol. The molecule has 4 nitrogen and oxygen atoms in total. The Balaban J connectivity index is 2.36. The van der Waals surface area contributed by atoms with Gasteiger partial charge in [0.05, 0.1) is 7.11 Å². The lowest BCUT2D eigenvalue weighted by molar-refractivity contribution is -0.347. The number of aromatic nitrogens is 1. The summed E-state index contributed by atoms with van der Waals surface area (Å²) in [4.78, 5) is 3.26. The van der Waals surface area contributed by atoms with Crippen molar-refractivity contribution in [1.29, 1.82) is 5.26 Å². The first-order valence-electron chi connectivity index (χ1n) is 8.55. The van der Waals surface area contributed by atoms with Gasteiger partial charge in [-0.25, -0.2) is 4.98 Å². The molecule has 0 radical (unpaired) electrons. The van der Waals surface area contributed by atoms with E-state index in [2.05, 4.69) is 24.9 Å². The van der Waals surface area contributed by atoms with E-state index in [1.165, 1.54) is 0 Å². The number of anilines is 1. The average molecular weight is 344 g/mol. The number of nitrogens with zero attached hydrogens (tertiary/aromatic N) is 1. The number of hydrogen-bond donors (Lipinski definition) is 1. The SMILES string of the molecule is COc1ccc(-c2c(C#N)c(N)[nH+]c(-c3ccccc3)c2C(C)C)cc1. The first-order valence-corrected chi connectivity index (χ1v) is 8.55. The van der Waals surface area contributed by atoms with Crippen LogP contribution in [-0.4, -0.2) is 7.11 Å². The molecule has 2 aromatic carbocycles. The average Bonchev–Trinajstić information content (AvgIpc) is 2.67. The van der Waals surface area contributed by atoms with E-state index in [-0.39, 0.29) is 5.92 Å². The maximum Gasteiger partial charge on any atom is 0.289 e. The van der Waals surface area contributed by atoms with Crippen molar-refractivity contribution in [3.8, 4) is 34.2 Å². The Morgan fingerprint density at radius 3 is 2.19 bits per heavy atom. The molecule has 0 unspecified atom stereocenters. The molecule has 0 saturated carbocycles. The standard InChI is InChI=1S/C22H21N3O/c1-14(2)19-20(15-9-11-17(26-3)12-10-15)18(13-23)22(24)25-21(19)16-7-5-4-6-8-16/h4-12,14H,1-3H3,(H2,24,25)/p+1. The molecule has 3 aromatic rings. The summed E-state index contributed by atoms with van der Waals surface area (Å²) < 4.78 is 5.26. The highest BCUT2D eigenvalue weighted by Crippen LogP contribution is 2.38. The zero-order chi connectivity index (χ0) is 18.7. The third-order valence-electron chi connectivity index (χ3n) is 4.45. The van der Waals surface area contributed by atoms with Gasteiger partial charge in [-0.1, -0.05) is 56.3 Å². The van der Waals surface area contributed by atoms with Gasteiger partial charge in [-0.15, -0.1) is 0 Å². The number of methoxy groups -OCH3 is 1. The smallest absolute Gasteiger partial charge is 0.289 e. The van der Waals surface area contributed by atoms with Crippen molar-refractivity contribution < 1.29 is 9.72 Å². The van der Waals surface area contributed by atoms with Gasteiger partial charge in [0.2, 0.25) is 0 Å². The van der Waals surface area contributed by atoms with E-state index in [4.69, 9.17) is 10.5 Å². The van der Waals surface area contributed by atoms with Gasteiger partial charge in [-0.05, 0) is 23.6 Å². The van der Waals surface area contributed by atoms with Crippen LogP contribution in [0, 0.1) is 11.3 Å². The summed E-state index contributed by atoms with van der Waals surface area (Å²) in [6.07, 6.45) is 0. The van der Waals surface area contributed by atoms with E-state index in [1.807, 2.05) is 54.6 Å². The molecular formula is C22H22N3O+. The molecule has 0 aliphatic rings. The van der Waals surface area contributed by atoms with Gasteiger partial charge < -0.3 is 4.74 Å². The molecule has 130 valence electrons. The summed E-state index contributed by atoms with van der Waals surface area (Å²) in [6, 6.07) is 20.1. The summed E-state index contributed by atoms with van der Waals surface area (Å²) in [7, 11) is 1.64. The monoisotopic (exact) mass is 344 g/mol. The summed E-state index contributed by atoms with van der Waals surface area (Å²) >= 11 is 0. The van der Waals surface area contributed by atoms with Crippen LogP contribution in [0.1, 0.15) is 30.9 Å². The van der Waals surface area contributed by atoms with E-state index < -0.39 is 0 Å². The van der Waals surface area contributed by atoms with Crippen molar-refractivity contribution in [3.05, 3.63) is 65.7 Å². The third-order valence-corrected chi connectivity index (χ3v) is 4.45. The third kappa shape index (κ3) is 3.12. The second-order valence-corrected chi connectivity index (χ2v) is 6.44. The van der Waals surface area contributed by atoms with Gasteiger partial charge in [0.1, 0.15) is 23.1 Å².